The Morgan fingerprint density at radius 3 is 2.50 bits per heavy atom. The molecular formula is C14H13NO5. The minimum absolute atomic E-state index is 0.0385. The summed E-state index contributed by atoms with van der Waals surface area (Å²) >= 11 is 0. The van der Waals surface area contributed by atoms with Crippen LogP contribution in [0.5, 0.6) is 5.75 Å². The number of aliphatic hydroxyl groups excluding tert-OH is 1. The molecule has 0 saturated heterocycles. The van der Waals surface area contributed by atoms with Gasteiger partial charge in [0.05, 0.1) is 12.2 Å². The van der Waals surface area contributed by atoms with Gasteiger partial charge in [-0.1, -0.05) is 30.3 Å². The number of amides is 1. The molecule has 20 heavy (non-hydrogen) atoms. The molecule has 0 radical (unpaired) electrons. The summed E-state index contributed by atoms with van der Waals surface area (Å²) in [6, 6.07) is 8.60. The number of phenols is 1. The Bertz CT molecular complexity index is 668. The van der Waals surface area contributed by atoms with E-state index in [1.54, 1.807) is 30.3 Å². The molecule has 6 heteroatoms. The van der Waals surface area contributed by atoms with Crippen LogP contribution in [0.25, 0.3) is 10.8 Å². The van der Waals surface area contributed by atoms with Gasteiger partial charge >= 0.3 is 5.97 Å². The van der Waals surface area contributed by atoms with Gasteiger partial charge in [0.2, 0.25) is 0 Å². The molecular weight excluding hydrogens is 262 g/mol. The summed E-state index contributed by atoms with van der Waals surface area (Å²) in [4.78, 5) is 22.7. The molecule has 0 aliphatic carbocycles. The maximum atomic E-state index is 11.9. The third-order valence-corrected chi connectivity index (χ3v) is 2.93. The maximum absolute atomic E-state index is 11.9. The molecule has 0 aliphatic rings. The largest absolute Gasteiger partial charge is 0.506 e. The molecule has 104 valence electrons. The van der Waals surface area contributed by atoms with Crippen molar-refractivity contribution in [2.75, 3.05) is 6.61 Å². The highest BCUT2D eigenvalue weighted by molar-refractivity contribution is 6.04. The summed E-state index contributed by atoms with van der Waals surface area (Å²) in [6.07, 6.45) is 0. The van der Waals surface area contributed by atoms with Gasteiger partial charge in [-0.05, 0) is 11.5 Å². The quantitative estimate of drug-likeness (QED) is 0.657. The minimum Gasteiger partial charge on any atom is -0.506 e. The van der Waals surface area contributed by atoms with Crippen molar-refractivity contribution in [3.05, 3.63) is 42.0 Å². The van der Waals surface area contributed by atoms with Crippen molar-refractivity contribution < 1.29 is 24.9 Å². The van der Waals surface area contributed by atoms with Crippen molar-refractivity contribution in [3.63, 3.8) is 0 Å². The Morgan fingerprint density at radius 2 is 1.85 bits per heavy atom. The number of rotatable bonds is 4. The number of carboxylic acids is 1. The molecule has 2 aromatic carbocycles. The fourth-order valence-electron chi connectivity index (χ4n) is 1.86. The van der Waals surface area contributed by atoms with E-state index in [9.17, 15) is 14.7 Å². The lowest BCUT2D eigenvalue weighted by molar-refractivity contribution is -0.140. The summed E-state index contributed by atoms with van der Waals surface area (Å²) in [7, 11) is 0. The number of aliphatic carboxylic acids is 1. The van der Waals surface area contributed by atoms with E-state index in [0.717, 1.165) is 5.39 Å². The first-order valence-corrected chi connectivity index (χ1v) is 5.90. The van der Waals surface area contributed by atoms with Crippen LogP contribution in [-0.2, 0) is 4.79 Å². The van der Waals surface area contributed by atoms with Crippen LogP contribution in [0.4, 0.5) is 0 Å². The van der Waals surface area contributed by atoms with Crippen molar-refractivity contribution in [3.8, 4) is 5.75 Å². The predicted octanol–water partition coefficient (Wildman–Crippen LogP) is 0.721. The summed E-state index contributed by atoms with van der Waals surface area (Å²) in [5.41, 5.74) is -0.0385. The van der Waals surface area contributed by atoms with Crippen LogP contribution in [0.3, 0.4) is 0 Å². The number of aliphatic hydroxyl groups is 1. The lowest BCUT2D eigenvalue weighted by Crippen LogP contribution is -2.43. The van der Waals surface area contributed by atoms with E-state index in [1.165, 1.54) is 6.07 Å². The molecule has 0 fully saturated rings. The van der Waals surface area contributed by atoms with E-state index in [0.29, 0.717) is 5.39 Å². The van der Waals surface area contributed by atoms with Gasteiger partial charge in [0, 0.05) is 5.39 Å². The van der Waals surface area contributed by atoms with Gasteiger partial charge in [-0.25, -0.2) is 4.79 Å². The molecule has 0 aromatic heterocycles. The van der Waals surface area contributed by atoms with Gasteiger partial charge in [-0.3, -0.25) is 4.79 Å². The zero-order valence-electron chi connectivity index (χ0n) is 10.4. The highest BCUT2D eigenvalue weighted by Gasteiger charge is 2.21. The normalized spacial score (nSPS) is 12.1. The number of carboxylic acid groups (broad SMARTS) is 1. The average Bonchev–Trinajstić information content (AvgIpc) is 2.44. The standard InChI is InChI=1S/C14H13NO5/c16-7-11(14(19)20)15-13(18)10-6-5-8-3-1-2-4-9(8)12(10)17/h1-6,11,16-17H,7H2,(H,15,18)(H,19,20)/t11-/m0/s1. The molecule has 1 atom stereocenters. The number of benzene rings is 2. The topological polar surface area (TPSA) is 107 Å². The number of phenolic OH excluding ortho intramolecular Hbond substituents is 1. The van der Waals surface area contributed by atoms with Gasteiger partial charge < -0.3 is 20.6 Å². The monoisotopic (exact) mass is 275 g/mol. The Morgan fingerprint density at radius 1 is 1.15 bits per heavy atom. The molecule has 0 aliphatic heterocycles. The summed E-state index contributed by atoms with van der Waals surface area (Å²) in [6.45, 7) is -0.727. The second-order valence-electron chi connectivity index (χ2n) is 4.23. The Hall–Kier alpha value is -2.60. The Kier molecular flexibility index (Phi) is 3.86. The lowest BCUT2D eigenvalue weighted by Gasteiger charge is -2.13. The van der Waals surface area contributed by atoms with Gasteiger partial charge in [0.1, 0.15) is 5.75 Å². The Balaban J connectivity index is 2.35. The van der Waals surface area contributed by atoms with Crippen LogP contribution in [0.1, 0.15) is 10.4 Å². The number of fused-ring (bicyclic) bond motifs is 1. The van der Waals surface area contributed by atoms with Crippen molar-refractivity contribution in [2.45, 2.75) is 6.04 Å². The molecule has 0 spiro atoms. The highest BCUT2D eigenvalue weighted by atomic mass is 16.4. The van der Waals surface area contributed by atoms with Gasteiger partial charge in [0.15, 0.2) is 6.04 Å². The summed E-state index contributed by atoms with van der Waals surface area (Å²) in [5.74, 6) is -2.32. The summed E-state index contributed by atoms with van der Waals surface area (Å²) in [5, 5.41) is 31.1. The SMILES string of the molecule is O=C(N[C@@H](CO)C(=O)O)c1ccc2ccccc2c1O. The number of aromatic hydroxyl groups is 1. The third-order valence-electron chi connectivity index (χ3n) is 2.93. The van der Waals surface area contributed by atoms with E-state index >= 15 is 0 Å². The lowest BCUT2D eigenvalue weighted by atomic mass is 10.0. The average molecular weight is 275 g/mol. The zero-order chi connectivity index (χ0) is 14.7. The van der Waals surface area contributed by atoms with E-state index < -0.39 is 24.5 Å². The maximum Gasteiger partial charge on any atom is 0.328 e. The first-order valence-electron chi connectivity index (χ1n) is 5.90. The molecule has 0 saturated carbocycles. The molecule has 0 heterocycles. The molecule has 1 amide bonds. The second-order valence-corrected chi connectivity index (χ2v) is 4.23. The van der Waals surface area contributed by atoms with Crippen molar-refractivity contribution in [1.29, 1.82) is 0 Å². The number of carbonyl (C=O) groups is 2. The number of nitrogens with one attached hydrogen (secondary N) is 1. The van der Waals surface area contributed by atoms with Crippen molar-refractivity contribution >= 4 is 22.6 Å². The van der Waals surface area contributed by atoms with E-state index in [4.69, 9.17) is 10.2 Å². The zero-order valence-corrected chi connectivity index (χ0v) is 10.4. The van der Waals surface area contributed by atoms with Crippen LogP contribution in [0.2, 0.25) is 0 Å². The van der Waals surface area contributed by atoms with Crippen LogP contribution in [-0.4, -0.2) is 39.8 Å². The van der Waals surface area contributed by atoms with E-state index in [1.807, 2.05) is 0 Å². The number of hydrogen-bond acceptors (Lipinski definition) is 4. The molecule has 4 N–H and O–H groups in total. The molecule has 0 unspecified atom stereocenters. The molecule has 2 rings (SSSR count). The first kappa shape index (κ1) is 13.8. The van der Waals surface area contributed by atoms with Gasteiger partial charge in [-0.15, -0.1) is 0 Å². The molecule has 2 aromatic rings. The van der Waals surface area contributed by atoms with Crippen LogP contribution in [0, 0.1) is 0 Å². The first-order chi connectivity index (χ1) is 9.54. The Labute approximate surface area is 114 Å². The van der Waals surface area contributed by atoms with Gasteiger partial charge in [-0.2, -0.15) is 0 Å². The third kappa shape index (κ3) is 2.55. The van der Waals surface area contributed by atoms with Crippen LogP contribution in [0.15, 0.2) is 36.4 Å². The van der Waals surface area contributed by atoms with Crippen molar-refractivity contribution in [1.82, 2.24) is 5.32 Å². The fourth-order valence-corrected chi connectivity index (χ4v) is 1.86. The van der Waals surface area contributed by atoms with Crippen LogP contribution >= 0.6 is 0 Å². The van der Waals surface area contributed by atoms with Gasteiger partial charge in [0.25, 0.3) is 5.91 Å². The summed E-state index contributed by atoms with van der Waals surface area (Å²) < 4.78 is 0. The predicted molar refractivity (Wildman–Crippen MR) is 71.6 cm³/mol. The molecule has 0 bridgehead atoms. The minimum atomic E-state index is -1.41. The second kappa shape index (κ2) is 5.58. The highest BCUT2D eigenvalue weighted by Crippen LogP contribution is 2.28. The molecule has 6 nitrogen and oxygen atoms in total. The smallest absolute Gasteiger partial charge is 0.328 e. The van der Waals surface area contributed by atoms with E-state index in [2.05, 4.69) is 5.32 Å². The number of hydrogen-bond donors (Lipinski definition) is 4. The van der Waals surface area contributed by atoms with E-state index in [-0.39, 0.29) is 11.3 Å². The van der Waals surface area contributed by atoms with Crippen molar-refractivity contribution in [2.24, 2.45) is 0 Å². The number of carbonyl (C=O) groups excluding carboxylic acids is 1. The van der Waals surface area contributed by atoms with Crippen LogP contribution < -0.4 is 5.32 Å². The fraction of sp³-hybridized carbons (Fsp3) is 0.143.